The monoisotopic (exact) mass is 456 g/mol. The molecule has 1 aromatic heterocycles. The van der Waals surface area contributed by atoms with Gasteiger partial charge in [0, 0.05) is 29.5 Å². The molecule has 0 spiro atoms. The van der Waals surface area contributed by atoms with Gasteiger partial charge in [-0.3, -0.25) is 4.79 Å². The highest BCUT2D eigenvalue weighted by Gasteiger charge is 2.15. The van der Waals surface area contributed by atoms with Crippen molar-refractivity contribution >= 4 is 17.2 Å². The molecule has 0 bridgehead atoms. The van der Waals surface area contributed by atoms with Crippen LogP contribution < -0.4 is 14.8 Å². The number of aryl methyl sites for hydroxylation is 2. The minimum atomic E-state index is 0.0629. The molecule has 166 valence electrons. The van der Waals surface area contributed by atoms with Crippen molar-refractivity contribution in [2.45, 2.75) is 26.3 Å². The van der Waals surface area contributed by atoms with E-state index < -0.39 is 0 Å². The molecule has 0 aliphatic carbocycles. The summed E-state index contributed by atoms with van der Waals surface area (Å²) in [7, 11) is 0. The van der Waals surface area contributed by atoms with Crippen LogP contribution in [0.2, 0.25) is 0 Å². The maximum absolute atomic E-state index is 12.2. The van der Waals surface area contributed by atoms with E-state index in [1.165, 1.54) is 11.1 Å². The molecule has 6 heteroatoms. The number of carbonyl (C=O) groups is 1. The van der Waals surface area contributed by atoms with E-state index in [1.807, 2.05) is 30.3 Å². The Morgan fingerprint density at radius 3 is 2.48 bits per heavy atom. The Balaban J connectivity index is 1.16. The number of nitrogens with one attached hydrogen (secondary N) is 1. The number of benzene rings is 3. The summed E-state index contributed by atoms with van der Waals surface area (Å²) in [5.41, 5.74) is 6.46. The molecule has 5 rings (SSSR count). The zero-order valence-corrected chi connectivity index (χ0v) is 19.2. The van der Waals surface area contributed by atoms with E-state index >= 15 is 0 Å². The van der Waals surface area contributed by atoms with Gasteiger partial charge in [-0.05, 0) is 42.7 Å². The Kier molecular flexibility index (Phi) is 6.09. The molecule has 1 N–H and O–H groups in total. The standard InChI is InChI=1S/C27H24N2O3S/c1-18-2-4-19(5-3-18)8-13-26(30)28-15-20-6-9-21(10-7-20)27-29-23(16-33-27)22-11-12-24-25(14-22)32-17-31-24/h2-7,9-12,14,16H,8,13,15,17H2,1H3,(H,28,30). The number of aromatic nitrogens is 1. The van der Waals surface area contributed by atoms with Gasteiger partial charge in [0.05, 0.1) is 5.69 Å². The lowest BCUT2D eigenvalue weighted by atomic mass is 10.1. The number of hydrogen-bond acceptors (Lipinski definition) is 5. The predicted molar refractivity (Wildman–Crippen MR) is 130 cm³/mol. The van der Waals surface area contributed by atoms with Crippen LogP contribution in [0.25, 0.3) is 21.8 Å². The van der Waals surface area contributed by atoms with E-state index in [0.717, 1.165) is 45.3 Å². The largest absolute Gasteiger partial charge is 0.454 e. The van der Waals surface area contributed by atoms with Crippen molar-refractivity contribution in [3.05, 3.63) is 88.8 Å². The summed E-state index contributed by atoms with van der Waals surface area (Å²) in [6.07, 6.45) is 1.24. The first-order chi connectivity index (χ1) is 16.1. The van der Waals surface area contributed by atoms with E-state index in [4.69, 9.17) is 14.5 Å². The van der Waals surface area contributed by atoms with Gasteiger partial charge in [0.1, 0.15) is 5.01 Å². The summed E-state index contributed by atoms with van der Waals surface area (Å²) < 4.78 is 10.9. The van der Waals surface area contributed by atoms with Crippen molar-refractivity contribution in [3.63, 3.8) is 0 Å². The van der Waals surface area contributed by atoms with Crippen LogP contribution in [-0.4, -0.2) is 17.7 Å². The highest BCUT2D eigenvalue weighted by molar-refractivity contribution is 7.13. The number of fused-ring (bicyclic) bond motifs is 1. The molecular weight excluding hydrogens is 432 g/mol. The Morgan fingerprint density at radius 2 is 1.67 bits per heavy atom. The Hall–Kier alpha value is -3.64. The number of ether oxygens (including phenoxy) is 2. The van der Waals surface area contributed by atoms with E-state index in [9.17, 15) is 4.79 Å². The maximum Gasteiger partial charge on any atom is 0.231 e. The minimum absolute atomic E-state index is 0.0629. The van der Waals surface area contributed by atoms with Crippen molar-refractivity contribution in [1.29, 1.82) is 0 Å². The molecule has 2 heterocycles. The van der Waals surface area contributed by atoms with Gasteiger partial charge in [0.25, 0.3) is 0 Å². The molecule has 33 heavy (non-hydrogen) atoms. The fourth-order valence-electron chi connectivity index (χ4n) is 3.66. The smallest absolute Gasteiger partial charge is 0.231 e. The quantitative estimate of drug-likeness (QED) is 0.384. The third-order valence-corrected chi connectivity index (χ3v) is 6.52. The van der Waals surface area contributed by atoms with Gasteiger partial charge >= 0.3 is 0 Å². The summed E-state index contributed by atoms with van der Waals surface area (Å²) in [5, 5.41) is 6.02. The van der Waals surface area contributed by atoms with Crippen molar-refractivity contribution in [3.8, 4) is 33.3 Å². The molecule has 0 radical (unpaired) electrons. The highest BCUT2D eigenvalue weighted by Crippen LogP contribution is 2.37. The van der Waals surface area contributed by atoms with Crippen molar-refractivity contribution in [2.24, 2.45) is 0 Å². The predicted octanol–water partition coefficient (Wildman–Crippen LogP) is 5.76. The minimum Gasteiger partial charge on any atom is -0.454 e. The van der Waals surface area contributed by atoms with Gasteiger partial charge in [-0.25, -0.2) is 4.98 Å². The van der Waals surface area contributed by atoms with Crippen LogP contribution >= 0.6 is 11.3 Å². The number of amides is 1. The number of thiazole rings is 1. The zero-order chi connectivity index (χ0) is 22.6. The number of rotatable bonds is 7. The van der Waals surface area contributed by atoms with Crippen LogP contribution in [-0.2, 0) is 17.8 Å². The summed E-state index contributed by atoms with van der Waals surface area (Å²) in [6, 6.07) is 22.4. The fourth-order valence-corrected chi connectivity index (χ4v) is 4.50. The lowest BCUT2D eigenvalue weighted by molar-refractivity contribution is -0.121. The molecule has 1 amide bonds. The molecule has 0 saturated carbocycles. The molecular formula is C27H24N2O3S. The Bertz CT molecular complexity index is 1260. The molecule has 1 aliphatic heterocycles. The van der Waals surface area contributed by atoms with Crippen molar-refractivity contribution in [1.82, 2.24) is 10.3 Å². The number of nitrogens with zero attached hydrogens (tertiary/aromatic N) is 1. The van der Waals surface area contributed by atoms with Crippen LogP contribution in [0.4, 0.5) is 0 Å². The van der Waals surface area contributed by atoms with Crippen LogP contribution in [0, 0.1) is 6.92 Å². The third kappa shape index (κ3) is 5.07. The van der Waals surface area contributed by atoms with Crippen LogP contribution in [0.1, 0.15) is 23.1 Å². The first-order valence-corrected chi connectivity index (χ1v) is 11.8. The maximum atomic E-state index is 12.2. The zero-order valence-electron chi connectivity index (χ0n) is 18.3. The second-order valence-corrected chi connectivity index (χ2v) is 8.92. The second kappa shape index (κ2) is 9.46. The molecule has 1 aliphatic rings. The van der Waals surface area contributed by atoms with E-state index in [1.54, 1.807) is 11.3 Å². The molecule has 5 nitrogen and oxygen atoms in total. The first-order valence-electron chi connectivity index (χ1n) is 10.9. The SMILES string of the molecule is Cc1ccc(CCC(=O)NCc2ccc(-c3nc(-c4ccc5c(c4)OCO5)cs3)cc2)cc1. The van der Waals surface area contributed by atoms with E-state index in [-0.39, 0.29) is 12.7 Å². The van der Waals surface area contributed by atoms with Crippen LogP contribution in [0.15, 0.2) is 72.1 Å². The Labute approximate surface area is 197 Å². The summed E-state index contributed by atoms with van der Waals surface area (Å²) in [5.74, 6) is 1.59. The van der Waals surface area contributed by atoms with Gasteiger partial charge in [-0.2, -0.15) is 0 Å². The normalized spacial score (nSPS) is 12.0. The van der Waals surface area contributed by atoms with Crippen LogP contribution in [0.3, 0.4) is 0 Å². The topological polar surface area (TPSA) is 60.5 Å². The third-order valence-electron chi connectivity index (χ3n) is 5.62. The molecule has 0 unspecified atom stereocenters. The number of carbonyl (C=O) groups excluding carboxylic acids is 1. The highest BCUT2D eigenvalue weighted by atomic mass is 32.1. The summed E-state index contributed by atoms with van der Waals surface area (Å²) >= 11 is 1.61. The molecule has 0 atom stereocenters. The fraction of sp³-hybridized carbons (Fsp3) is 0.185. The van der Waals surface area contributed by atoms with E-state index in [0.29, 0.717) is 13.0 Å². The van der Waals surface area contributed by atoms with Gasteiger partial charge in [0.15, 0.2) is 11.5 Å². The first kappa shape index (κ1) is 21.2. The average molecular weight is 457 g/mol. The lowest BCUT2D eigenvalue weighted by Crippen LogP contribution is -2.22. The molecule has 4 aromatic rings. The molecule has 3 aromatic carbocycles. The van der Waals surface area contributed by atoms with Gasteiger partial charge in [-0.1, -0.05) is 54.1 Å². The summed E-state index contributed by atoms with van der Waals surface area (Å²) in [6.45, 7) is 2.85. The summed E-state index contributed by atoms with van der Waals surface area (Å²) in [4.78, 5) is 17.0. The van der Waals surface area contributed by atoms with Crippen LogP contribution in [0.5, 0.6) is 11.5 Å². The van der Waals surface area contributed by atoms with Gasteiger partial charge < -0.3 is 14.8 Å². The van der Waals surface area contributed by atoms with Crippen molar-refractivity contribution < 1.29 is 14.3 Å². The van der Waals surface area contributed by atoms with Gasteiger partial charge in [-0.15, -0.1) is 11.3 Å². The van der Waals surface area contributed by atoms with E-state index in [2.05, 4.69) is 54.0 Å². The Morgan fingerprint density at radius 1 is 0.939 bits per heavy atom. The van der Waals surface area contributed by atoms with Gasteiger partial charge in [0.2, 0.25) is 12.7 Å². The second-order valence-electron chi connectivity index (χ2n) is 8.07. The lowest BCUT2D eigenvalue weighted by Gasteiger charge is -2.07. The molecule has 0 saturated heterocycles. The average Bonchev–Trinajstić information content (AvgIpc) is 3.52. The number of hydrogen-bond donors (Lipinski definition) is 1. The van der Waals surface area contributed by atoms with Crippen molar-refractivity contribution in [2.75, 3.05) is 6.79 Å². The molecule has 0 fully saturated rings.